The van der Waals surface area contributed by atoms with Crippen molar-refractivity contribution in [1.29, 1.82) is 15.8 Å². The lowest BCUT2D eigenvalue weighted by Crippen LogP contribution is -2.47. The third kappa shape index (κ3) is 16.0. The molecule has 0 amide bonds. The standard InChI is InChI=1S/C28H26FN9.C27H25FN10.C26H31N9O/c1-35-16-22(15-33-35)21-12-23(27-24(13-30)28(31)34-38(27)18-21)19-6-7-26(32-14-19)37-10-8-36(9-11-37)17-20-4-2-3-5-25(20)29;1-35-16-21(13-33-35)20-9-23(26-24(10-29)27(30)34-38(26)17-20)19-2-3-25(32-12-19)37-6-4-36(5-7-37)15-18-8-22(28)14-31-11-18;1-18(2)36-11-10-33-6-8-34(9-7-33)24-5-4-19(14-29-24)22-12-20(21-15-30-32(3)16-21)17-35-25(22)23(13-27)26(28)31-35/h2-7,12,14-16,18H,8-11,17H2,1H3,(H2,31,34);2-3,8-9,11-14,16-17H,4-7,15H2,1H3,(H2,30,34);4-5,12,14-18H,6-11H2,1-3H3,(H2,28,31). The minimum absolute atomic E-state index is 0.159. The van der Waals surface area contributed by atoms with Crippen molar-refractivity contribution < 1.29 is 13.5 Å². The summed E-state index contributed by atoms with van der Waals surface area (Å²) >= 11 is 0. The lowest BCUT2D eigenvalue weighted by atomic mass is 10.0. The molecule has 3 aliphatic rings. The Bertz CT molecular complexity index is 5830. The Hall–Kier alpha value is -13.5. The Morgan fingerprint density at radius 1 is 0.429 bits per heavy atom. The lowest BCUT2D eigenvalue weighted by molar-refractivity contribution is 0.0578. The second kappa shape index (κ2) is 32.4. The summed E-state index contributed by atoms with van der Waals surface area (Å²) < 4.78 is 43.4. The molecule has 0 unspecified atom stereocenters. The van der Waals surface area contributed by atoms with E-state index in [0.717, 1.165) is 187 Å². The maximum Gasteiger partial charge on any atom is 0.164 e. The van der Waals surface area contributed by atoms with E-state index in [4.69, 9.17) is 36.9 Å². The molecule has 16 heterocycles. The molecule has 6 N–H and O–H groups in total. The SMILES string of the molecule is CC(C)OCCN1CCN(c2ccc(-c3cc(-c4cnn(C)c4)cn4nc(N)c(C#N)c34)cn2)CC1.Cn1cc(-c2cc(-c3ccc(N4CCN(Cc5ccccc5F)CC4)nc3)c3c(C#N)c(N)nn3c2)cn1.Cn1cc(-c2cc(-c3ccc(N4CCN(Cc5cncc(F)c5)CC4)nc3)c3c(C#N)c(N)nn3c2)cn1. The van der Waals surface area contributed by atoms with Crippen molar-refractivity contribution in [2.75, 3.05) is 124 Å². The van der Waals surface area contributed by atoms with Gasteiger partial charge in [0.05, 0.1) is 54.0 Å². The predicted molar refractivity (Wildman–Crippen MR) is 425 cm³/mol. The molecule has 0 saturated carbocycles. The van der Waals surface area contributed by atoms with Gasteiger partial charge in [-0.3, -0.25) is 33.7 Å². The number of ether oxygens (including phenoxy) is 1. The van der Waals surface area contributed by atoms with Crippen LogP contribution in [0.25, 0.3) is 83.3 Å². The molecule has 13 aromatic heterocycles. The highest BCUT2D eigenvalue weighted by molar-refractivity contribution is 5.93. The first-order valence-electron chi connectivity index (χ1n) is 36.8. The second-order valence-electron chi connectivity index (χ2n) is 28.2. The zero-order valence-corrected chi connectivity index (χ0v) is 62.6. The molecule has 3 fully saturated rings. The number of anilines is 6. The zero-order valence-electron chi connectivity index (χ0n) is 62.6. The molecule has 3 saturated heterocycles. The highest BCUT2D eigenvalue weighted by atomic mass is 19.1. The van der Waals surface area contributed by atoms with Gasteiger partial charge in [0.25, 0.3) is 0 Å². The van der Waals surface area contributed by atoms with Gasteiger partial charge >= 0.3 is 0 Å². The van der Waals surface area contributed by atoms with Gasteiger partial charge in [-0.2, -0.15) is 31.1 Å². The van der Waals surface area contributed by atoms with E-state index in [0.29, 0.717) is 46.3 Å². The number of piperazine rings is 3. The first-order valence-corrected chi connectivity index (χ1v) is 36.8. The molecule has 0 radical (unpaired) electrons. The molecule has 0 aliphatic carbocycles. The third-order valence-electron chi connectivity index (χ3n) is 20.4. The Labute approximate surface area is 644 Å². The lowest BCUT2D eigenvalue weighted by Gasteiger charge is -2.35. The molecule has 0 spiro atoms. The second-order valence-corrected chi connectivity index (χ2v) is 28.2. The number of benzene rings is 1. The van der Waals surface area contributed by atoms with E-state index in [9.17, 15) is 24.6 Å². The Kier molecular flexibility index (Phi) is 21.4. The summed E-state index contributed by atoms with van der Waals surface area (Å²) in [6, 6.07) is 33.3. The van der Waals surface area contributed by atoms with Gasteiger partial charge in [-0.15, -0.1) is 15.3 Å². The summed E-state index contributed by atoms with van der Waals surface area (Å²) in [6.45, 7) is 17.5. The number of pyridine rings is 7. The van der Waals surface area contributed by atoms with Crippen LogP contribution in [-0.2, 0) is 39.0 Å². The van der Waals surface area contributed by atoms with Crippen LogP contribution in [0.1, 0.15) is 41.7 Å². The van der Waals surface area contributed by atoms with E-state index in [1.807, 2.05) is 138 Å². The van der Waals surface area contributed by atoms with Crippen LogP contribution in [0.5, 0.6) is 0 Å². The van der Waals surface area contributed by atoms with Gasteiger partial charge in [-0.1, -0.05) is 18.2 Å². The molecular formula is C81H82F2N28O. The number of hydrogen-bond acceptors (Lipinski definition) is 23. The monoisotopic (exact) mass is 1500 g/mol. The van der Waals surface area contributed by atoms with Crippen LogP contribution in [0, 0.1) is 45.6 Å². The minimum atomic E-state index is -0.311. The van der Waals surface area contributed by atoms with Gasteiger partial charge in [0.1, 0.15) is 64.0 Å². The molecule has 1 aromatic carbocycles. The highest BCUT2D eigenvalue weighted by Gasteiger charge is 2.26. The maximum atomic E-state index is 14.1. The molecule has 566 valence electrons. The van der Waals surface area contributed by atoms with Gasteiger partial charge in [0.2, 0.25) is 0 Å². The van der Waals surface area contributed by atoms with Crippen LogP contribution >= 0.6 is 0 Å². The van der Waals surface area contributed by atoms with Gasteiger partial charge < -0.3 is 36.6 Å². The Balaban J connectivity index is 0.000000133. The summed E-state index contributed by atoms with van der Waals surface area (Å²) in [5.74, 6) is 2.83. The van der Waals surface area contributed by atoms with E-state index in [1.165, 1.54) is 18.3 Å². The van der Waals surface area contributed by atoms with Crippen molar-refractivity contribution in [2.24, 2.45) is 21.1 Å². The van der Waals surface area contributed by atoms with Gasteiger partial charge in [-0.05, 0) is 86.1 Å². The average molecular weight is 1500 g/mol. The van der Waals surface area contributed by atoms with E-state index in [1.54, 1.807) is 58.4 Å². The number of hydrogen-bond donors (Lipinski definition) is 3. The van der Waals surface area contributed by atoms with Gasteiger partial charge in [0.15, 0.2) is 17.5 Å². The molecule has 17 rings (SSSR count). The smallest absolute Gasteiger partial charge is 0.164 e. The molecular weight excluding hydrogens is 1420 g/mol. The molecule has 0 bridgehead atoms. The normalized spacial score (nSPS) is 14.3. The molecule has 0 atom stereocenters. The number of nitriles is 3. The first-order chi connectivity index (χ1) is 54.4. The van der Waals surface area contributed by atoms with Crippen LogP contribution in [-0.4, -0.2) is 191 Å². The maximum absolute atomic E-state index is 14.1. The van der Waals surface area contributed by atoms with Crippen molar-refractivity contribution in [3.63, 3.8) is 0 Å². The quantitative estimate of drug-likeness (QED) is 0.0763. The summed E-state index contributed by atoms with van der Waals surface area (Å²) in [5.41, 5.74) is 33.5. The Morgan fingerprint density at radius 3 is 1.15 bits per heavy atom. The van der Waals surface area contributed by atoms with Crippen LogP contribution in [0.3, 0.4) is 0 Å². The van der Waals surface area contributed by atoms with Crippen molar-refractivity contribution in [2.45, 2.75) is 33.0 Å². The number of halogens is 2. The largest absolute Gasteiger partial charge is 0.381 e. The van der Waals surface area contributed by atoms with Gasteiger partial charge in [-0.25, -0.2) is 37.3 Å². The fourth-order valence-corrected chi connectivity index (χ4v) is 14.5. The third-order valence-corrected chi connectivity index (χ3v) is 20.4. The molecule has 29 nitrogen and oxygen atoms in total. The summed E-state index contributed by atoms with van der Waals surface area (Å²) in [7, 11) is 5.61. The average Bonchev–Trinajstić information content (AvgIpc) is 1.60. The fourth-order valence-electron chi connectivity index (χ4n) is 14.5. The van der Waals surface area contributed by atoms with E-state index < -0.39 is 0 Å². The van der Waals surface area contributed by atoms with Crippen LogP contribution in [0.2, 0.25) is 0 Å². The van der Waals surface area contributed by atoms with E-state index in [-0.39, 0.29) is 35.2 Å². The summed E-state index contributed by atoms with van der Waals surface area (Å²) in [4.78, 5) is 32.0. The van der Waals surface area contributed by atoms with Crippen LogP contribution in [0.4, 0.5) is 43.7 Å². The van der Waals surface area contributed by atoms with Crippen LogP contribution < -0.4 is 31.9 Å². The molecule has 14 aromatic rings. The van der Waals surface area contributed by atoms with Gasteiger partial charge in [0, 0.05) is 254 Å². The number of nitrogens with two attached hydrogens (primary N) is 3. The number of nitrogen functional groups attached to an aromatic ring is 3. The molecule has 112 heavy (non-hydrogen) atoms. The topological polar surface area (TPSA) is 335 Å². The predicted octanol–water partition coefficient (Wildman–Crippen LogP) is 9.62. The van der Waals surface area contributed by atoms with Crippen molar-refractivity contribution in [1.82, 2.24) is 92.8 Å². The highest BCUT2D eigenvalue weighted by Crippen LogP contribution is 2.38. The molecule has 31 heteroatoms. The summed E-state index contributed by atoms with van der Waals surface area (Å²) in [5, 5.41) is 55.3. The van der Waals surface area contributed by atoms with Crippen LogP contribution in [0.15, 0.2) is 172 Å². The number of fused-ring (bicyclic) bond motifs is 3. The van der Waals surface area contributed by atoms with Crippen molar-refractivity contribution in [3.8, 4) is 85.0 Å². The number of rotatable bonds is 17. The Morgan fingerprint density at radius 2 is 0.812 bits per heavy atom. The minimum Gasteiger partial charge on any atom is -0.381 e. The number of aryl methyl sites for hydroxylation is 3. The summed E-state index contributed by atoms with van der Waals surface area (Å²) in [6.07, 6.45) is 25.5. The molecule has 3 aliphatic heterocycles. The van der Waals surface area contributed by atoms with Crippen molar-refractivity contribution >= 4 is 51.5 Å². The zero-order chi connectivity index (χ0) is 77.7. The first kappa shape index (κ1) is 74.0. The van der Waals surface area contributed by atoms with E-state index in [2.05, 4.69) is 103 Å². The number of nitrogens with zero attached hydrogens (tertiary/aromatic N) is 25. The fraction of sp³-hybridized carbons (Fsp3) is 0.272. The van der Waals surface area contributed by atoms with Crippen molar-refractivity contribution in [3.05, 3.63) is 211 Å². The van der Waals surface area contributed by atoms with E-state index >= 15 is 0 Å². The number of aromatic nitrogens is 16.